The fraction of sp³-hybridized carbons (Fsp3) is 0.659. The van der Waals surface area contributed by atoms with E-state index in [0.29, 0.717) is 68.4 Å². The van der Waals surface area contributed by atoms with Gasteiger partial charge >= 0.3 is 12.1 Å². The molecule has 53 heavy (non-hydrogen) atoms. The quantitative estimate of drug-likeness (QED) is 0.291. The van der Waals surface area contributed by atoms with Crippen molar-refractivity contribution in [2.45, 2.75) is 93.6 Å². The Hall–Kier alpha value is -3.38. The predicted octanol–water partition coefficient (Wildman–Crippen LogP) is 6.71. The second-order valence-electron chi connectivity index (χ2n) is 17.2. The highest BCUT2D eigenvalue weighted by molar-refractivity contribution is 5.88. The van der Waals surface area contributed by atoms with Crippen LogP contribution in [-0.4, -0.2) is 95.6 Å². The number of aliphatic hydroxyl groups is 1. The molecule has 2 aromatic carbocycles. The van der Waals surface area contributed by atoms with Crippen molar-refractivity contribution in [2.24, 2.45) is 29.6 Å². The monoisotopic (exact) mass is 741 g/mol. The summed E-state index contributed by atoms with van der Waals surface area (Å²) in [6.07, 6.45) is 1.08. The molecule has 9 rings (SSSR count). The molecule has 3 saturated heterocycles. The van der Waals surface area contributed by atoms with Crippen molar-refractivity contribution in [2.75, 3.05) is 51.3 Å². The van der Waals surface area contributed by atoms with Gasteiger partial charge in [0.25, 0.3) is 5.91 Å². The summed E-state index contributed by atoms with van der Waals surface area (Å²) in [5.41, 5.74) is -1.80. The first-order valence-electron chi connectivity index (χ1n) is 19.5. The minimum atomic E-state index is -4.56. The first-order valence-corrected chi connectivity index (χ1v) is 19.5. The number of amides is 1. The molecule has 0 unspecified atom stereocenters. The maximum atomic E-state index is 18.2. The lowest BCUT2D eigenvalue weighted by Gasteiger charge is -2.60. The van der Waals surface area contributed by atoms with Crippen LogP contribution in [0.1, 0.15) is 86.8 Å². The second-order valence-corrected chi connectivity index (χ2v) is 17.2. The molecule has 0 spiro atoms. The molecule has 7 fully saturated rings. The van der Waals surface area contributed by atoms with Gasteiger partial charge in [0, 0.05) is 62.8 Å². The summed E-state index contributed by atoms with van der Waals surface area (Å²) in [6, 6.07) is 11.2. The topological polar surface area (TPSA) is 93.6 Å². The third kappa shape index (κ3) is 6.49. The third-order valence-corrected chi connectivity index (χ3v) is 14.1. The number of likely N-dealkylation sites (tertiary alicyclic amines) is 2. The molecule has 7 aliphatic rings. The minimum absolute atomic E-state index is 0.0364. The van der Waals surface area contributed by atoms with E-state index in [1.54, 1.807) is 24.1 Å². The van der Waals surface area contributed by atoms with Crippen LogP contribution in [-0.2, 0) is 15.8 Å². The minimum Gasteiger partial charge on any atom is -0.497 e. The number of methoxy groups -OCH3 is 1. The average Bonchev–Trinajstić information content (AvgIpc) is 3.71. The molecule has 9 atom stereocenters. The zero-order chi connectivity index (χ0) is 37.4. The van der Waals surface area contributed by atoms with E-state index in [2.05, 4.69) is 4.90 Å². The molecule has 3 heterocycles. The summed E-state index contributed by atoms with van der Waals surface area (Å²) in [5.74, 6) is -1.49. The average molecular weight is 742 g/mol. The van der Waals surface area contributed by atoms with E-state index in [-0.39, 0.29) is 42.8 Å². The lowest BCUT2D eigenvalue weighted by atomic mass is 9.52. The van der Waals surface area contributed by atoms with Crippen molar-refractivity contribution in [3.63, 3.8) is 0 Å². The molecule has 2 aromatic rings. The molecule has 3 aliphatic heterocycles. The molecule has 4 bridgehead atoms. The van der Waals surface area contributed by atoms with Crippen LogP contribution in [0.15, 0.2) is 42.5 Å². The molecule has 2 N–H and O–H groups in total. The van der Waals surface area contributed by atoms with Crippen molar-refractivity contribution in [3.8, 4) is 5.75 Å². The number of nitrogens with zero attached hydrogens (tertiary/aromatic N) is 3. The lowest BCUT2D eigenvalue weighted by molar-refractivity contribution is -0.160. The van der Waals surface area contributed by atoms with E-state index >= 15 is 4.39 Å². The van der Waals surface area contributed by atoms with Gasteiger partial charge in [0.05, 0.1) is 24.2 Å². The number of rotatable bonds is 8. The number of hydrogen-bond acceptors (Lipinski definition) is 6. The fourth-order valence-electron chi connectivity index (χ4n) is 11.8. The molecule has 288 valence electrons. The maximum absolute atomic E-state index is 18.2. The molecule has 1 amide bonds. The summed E-state index contributed by atoms with van der Waals surface area (Å²) in [6.45, 7) is 3.45. The fourth-order valence-corrected chi connectivity index (χ4v) is 11.8. The van der Waals surface area contributed by atoms with Crippen LogP contribution < -0.4 is 9.64 Å². The summed E-state index contributed by atoms with van der Waals surface area (Å²) < 4.78 is 65.6. The third-order valence-electron chi connectivity index (χ3n) is 14.1. The molecule has 4 saturated carbocycles. The summed E-state index contributed by atoms with van der Waals surface area (Å²) in [7, 11) is 1.57. The Balaban J connectivity index is 1.09. The van der Waals surface area contributed by atoms with E-state index in [1.165, 1.54) is 12.1 Å². The predicted molar refractivity (Wildman–Crippen MR) is 191 cm³/mol. The largest absolute Gasteiger partial charge is 0.497 e. The number of aliphatic carboxylic acids is 1. The molecule has 0 aromatic heterocycles. The Morgan fingerprint density at radius 1 is 0.962 bits per heavy atom. The van der Waals surface area contributed by atoms with Crippen LogP contribution in [0.25, 0.3) is 0 Å². The number of alkyl halides is 4. The van der Waals surface area contributed by atoms with Gasteiger partial charge in [-0.1, -0.05) is 31.5 Å². The zero-order valence-electron chi connectivity index (χ0n) is 30.5. The number of carboxylic acid groups (broad SMARTS) is 1. The molecular formula is C41H51F4N3O5. The molecule has 0 radical (unpaired) electrons. The van der Waals surface area contributed by atoms with Gasteiger partial charge in [-0.05, 0) is 104 Å². The summed E-state index contributed by atoms with van der Waals surface area (Å²) >= 11 is 0. The number of carbonyl (C=O) groups excluding carboxylic acids is 1. The number of anilines is 1. The second kappa shape index (κ2) is 13.4. The number of benzene rings is 2. The number of ether oxygens (including phenoxy) is 1. The van der Waals surface area contributed by atoms with Crippen LogP contribution in [0.5, 0.6) is 5.75 Å². The van der Waals surface area contributed by atoms with Crippen molar-refractivity contribution < 1.29 is 42.1 Å². The van der Waals surface area contributed by atoms with Crippen molar-refractivity contribution in [1.82, 2.24) is 9.80 Å². The van der Waals surface area contributed by atoms with Gasteiger partial charge in [0.15, 0.2) is 0 Å². The Morgan fingerprint density at radius 3 is 2.23 bits per heavy atom. The van der Waals surface area contributed by atoms with E-state index in [4.69, 9.17) is 4.74 Å². The number of carboxylic acids is 1. The normalized spacial score (nSPS) is 36.0. The van der Waals surface area contributed by atoms with Gasteiger partial charge < -0.3 is 24.7 Å². The van der Waals surface area contributed by atoms with E-state index in [9.17, 15) is 33.0 Å². The van der Waals surface area contributed by atoms with Gasteiger partial charge in [-0.25, -0.2) is 4.39 Å². The first kappa shape index (κ1) is 36.6. The summed E-state index contributed by atoms with van der Waals surface area (Å²) in [4.78, 5) is 32.2. The lowest BCUT2D eigenvalue weighted by Crippen LogP contribution is -2.61. The number of piperidine rings is 1. The highest BCUT2D eigenvalue weighted by Gasteiger charge is 2.62. The van der Waals surface area contributed by atoms with Crippen LogP contribution in [0.3, 0.4) is 0 Å². The van der Waals surface area contributed by atoms with Crippen LogP contribution in [0.2, 0.25) is 0 Å². The van der Waals surface area contributed by atoms with Crippen molar-refractivity contribution in [3.05, 3.63) is 59.2 Å². The number of halogens is 4. The Morgan fingerprint density at radius 2 is 1.64 bits per heavy atom. The van der Waals surface area contributed by atoms with Crippen molar-refractivity contribution in [1.29, 1.82) is 0 Å². The summed E-state index contributed by atoms with van der Waals surface area (Å²) in [5, 5.41) is 20.8. The Labute approximate surface area is 308 Å². The van der Waals surface area contributed by atoms with Crippen LogP contribution >= 0.6 is 0 Å². The van der Waals surface area contributed by atoms with Crippen LogP contribution in [0, 0.1) is 29.6 Å². The molecular weight excluding hydrogens is 690 g/mol. The number of hydrogen-bond donors (Lipinski definition) is 2. The van der Waals surface area contributed by atoms with Gasteiger partial charge in [0.2, 0.25) is 5.67 Å². The van der Waals surface area contributed by atoms with E-state index in [0.717, 1.165) is 43.7 Å². The number of carbonyl (C=O) groups is 2. The van der Waals surface area contributed by atoms with Crippen LogP contribution in [0.4, 0.5) is 23.2 Å². The van der Waals surface area contributed by atoms with Gasteiger partial charge in [-0.15, -0.1) is 0 Å². The molecule has 4 aliphatic carbocycles. The highest BCUT2D eigenvalue weighted by atomic mass is 19.4. The van der Waals surface area contributed by atoms with E-state index in [1.807, 2.05) is 24.0 Å². The maximum Gasteiger partial charge on any atom is 0.416 e. The highest BCUT2D eigenvalue weighted by Crippen LogP contribution is 2.58. The Kier molecular flexibility index (Phi) is 9.27. The SMILES string of the molecule is CC[C@H]1CN(C(=O)[C@]2(F)CN([C@H]3[C@@H]4C[C@@H]5C[C@H]3C[C@@](O)(C5)C4)C[C@H]2c2ccc(OC)cc2)C[C@@H]1c1ccc(C(F)(F)F)cc1N1CCC(C(=O)O)CC1. The van der Waals surface area contributed by atoms with E-state index < -0.39 is 46.7 Å². The first-order chi connectivity index (χ1) is 25.2. The van der Waals surface area contributed by atoms with Gasteiger partial charge in [-0.2, -0.15) is 13.2 Å². The standard InChI is InChI=1S/C41H51F4N3O5/c1-3-25-20-47(21-33(25)32-9-6-30(41(43,44)45)16-35(32)46-12-10-27(11-13-46)37(49)50)38(51)40(42)23-48(22-34(40)26-4-7-31(53-2)8-5-26)36-28-14-24-15-29(36)19-39(52,17-24)18-28/h4-9,16,24-25,27-29,33-34,36,52H,3,10-15,17-23H2,1-2H3,(H,49,50)/t24-,25-,28-,29+,33-,34-,36+,39-,40-/m0/s1. The molecule has 12 heteroatoms. The molecule has 8 nitrogen and oxygen atoms in total. The zero-order valence-corrected chi connectivity index (χ0v) is 30.5. The van der Waals surface area contributed by atoms with Gasteiger partial charge in [-0.3, -0.25) is 14.5 Å². The van der Waals surface area contributed by atoms with Gasteiger partial charge in [0.1, 0.15) is 5.75 Å². The van der Waals surface area contributed by atoms with Crippen molar-refractivity contribution >= 4 is 17.6 Å². The Bertz CT molecular complexity index is 1700. The smallest absolute Gasteiger partial charge is 0.416 e.